The summed E-state index contributed by atoms with van der Waals surface area (Å²) in [5.74, 6) is 0.505. The number of carbonyl (C=O) groups is 1. The fraction of sp³-hybridized carbons (Fsp3) is 0.304. The first-order valence-corrected chi connectivity index (χ1v) is 9.70. The number of ether oxygens (including phenoxy) is 2. The Morgan fingerprint density at radius 1 is 1.31 bits per heavy atom. The standard InChI is InChI=1S/C23H23N3O3/c1-28-16-12-19-22(20(13-16)29-11-10-24)21-17(23(25)27)8-5-9-18(21)26(19)14-15-6-3-2-4-7-15/h2-4,6-7,12-13,17H,5,8-9,11,14H2,1H3,(H2,25,27). The molecular formula is C23H23N3O3. The van der Waals surface area contributed by atoms with Crippen molar-refractivity contribution >= 4 is 16.8 Å². The molecule has 29 heavy (non-hydrogen) atoms. The fourth-order valence-electron chi connectivity index (χ4n) is 4.33. The van der Waals surface area contributed by atoms with Gasteiger partial charge in [-0.25, -0.2) is 0 Å². The number of amides is 1. The Morgan fingerprint density at radius 3 is 2.79 bits per heavy atom. The second-order valence-corrected chi connectivity index (χ2v) is 7.25. The first-order chi connectivity index (χ1) is 14.1. The monoisotopic (exact) mass is 389 g/mol. The largest absolute Gasteiger partial charge is 0.497 e. The third-order valence-corrected chi connectivity index (χ3v) is 5.56. The van der Waals surface area contributed by atoms with E-state index in [9.17, 15) is 4.79 Å². The van der Waals surface area contributed by atoms with E-state index in [0.29, 0.717) is 18.0 Å². The molecule has 1 aromatic heterocycles. The number of rotatable bonds is 6. The molecular weight excluding hydrogens is 366 g/mol. The van der Waals surface area contributed by atoms with Crippen molar-refractivity contribution in [2.45, 2.75) is 31.7 Å². The summed E-state index contributed by atoms with van der Waals surface area (Å²) < 4.78 is 13.5. The molecule has 148 valence electrons. The summed E-state index contributed by atoms with van der Waals surface area (Å²) in [6, 6.07) is 16.0. The molecule has 0 aliphatic heterocycles. The number of methoxy groups -OCH3 is 1. The molecule has 0 saturated heterocycles. The number of aromatic nitrogens is 1. The van der Waals surface area contributed by atoms with Gasteiger partial charge in [-0.05, 0) is 30.4 Å². The number of nitriles is 1. The minimum Gasteiger partial charge on any atom is -0.497 e. The summed E-state index contributed by atoms with van der Waals surface area (Å²) in [6.07, 6.45) is 2.48. The van der Waals surface area contributed by atoms with Crippen LogP contribution >= 0.6 is 0 Å². The molecule has 0 spiro atoms. The van der Waals surface area contributed by atoms with E-state index in [-0.39, 0.29) is 18.4 Å². The van der Waals surface area contributed by atoms with Gasteiger partial charge in [0.1, 0.15) is 17.6 Å². The van der Waals surface area contributed by atoms with Gasteiger partial charge < -0.3 is 19.8 Å². The molecule has 1 heterocycles. The molecule has 0 radical (unpaired) electrons. The maximum absolute atomic E-state index is 12.3. The van der Waals surface area contributed by atoms with Gasteiger partial charge in [-0.3, -0.25) is 4.79 Å². The van der Waals surface area contributed by atoms with E-state index in [0.717, 1.165) is 47.0 Å². The van der Waals surface area contributed by atoms with Crippen LogP contribution in [0.2, 0.25) is 0 Å². The minimum absolute atomic E-state index is 0.0812. The summed E-state index contributed by atoms with van der Waals surface area (Å²) in [4.78, 5) is 12.3. The number of hydrogen-bond acceptors (Lipinski definition) is 4. The van der Waals surface area contributed by atoms with Crippen molar-refractivity contribution < 1.29 is 14.3 Å². The van der Waals surface area contributed by atoms with Crippen LogP contribution in [0.3, 0.4) is 0 Å². The van der Waals surface area contributed by atoms with E-state index < -0.39 is 0 Å². The summed E-state index contributed by atoms with van der Waals surface area (Å²) in [6.45, 7) is 0.588. The maximum Gasteiger partial charge on any atom is 0.225 e. The van der Waals surface area contributed by atoms with Crippen LogP contribution in [0.25, 0.3) is 10.9 Å². The molecule has 1 amide bonds. The molecule has 0 fully saturated rings. The average Bonchev–Trinajstić information content (AvgIpc) is 3.06. The van der Waals surface area contributed by atoms with Gasteiger partial charge in [-0.2, -0.15) is 5.26 Å². The van der Waals surface area contributed by atoms with E-state index in [1.807, 2.05) is 30.3 Å². The Balaban J connectivity index is 2.01. The van der Waals surface area contributed by atoms with Crippen LogP contribution in [0.1, 0.15) is 35.6 Å². The Hall–Kier alpha value is -3.46. The predicted molar refractivity (Wildman–Crippen MR) is 110 cm³/mol. The summed E-state index contributed by atoms with van der Waals surface area (Å²) in [5.41, 5.74) is 9.91. The van der Waals surface area contributed by atoms with E-state index in [2.05, 4.69) is 16.7 Å². The fourth-order valence-corrected chi connectivity index (χ4v) is 4.33. The van der Waals surface area contributed by atoms with Crippen LogP contribution < -0.4 is 15.2 Å². The van der Waals surface area contributed by atoms with Gasteiger partial charge in [0.2, 0.25) is 5.91 Å². The minimum atomic E-state index is -0.365. The molecule has 1 aliphatic carbocycles. The topological polar surface area (TPSA) is 90.3 Å². The van der Waals surface area contributed by atoms with Gasteiger partial charge in [0.05, 0.1) is 18.5 Å². The van der Waals surface area contributed by atoms with Crippen molar-refractivity contribution in [3.05, 3.63) is 59.3 Å². The number of hydrogen-bond donors (Lipinski definition) is 1. The number of primary amides is 1. The van der Waals surface area contributed by atoms with Gasteiger partial charge in [-0.1, -0.05) is 30.3 Å². The van der Waals surface area contributed by atoms with Crippen LogP contribution in [0, 0.1) is 11.3 Å². The van der Waals surface area contributed by atoms with Gasteiger partial charge in [0, 0.05) is 29.8 Å². The first-order valence-electron chi connectivity index (χ1n) is 9.70. The quantitative estimate of drug-likeness (QED) is 0.698. The number of fused-ring (bicyclic) bond motifs is 3. The van der Waals surface area contributed by atoms with Crippen LogP contribution in [0.5, 0.6) is 11.5 Å². The molecule has 2 aromatic carbocycles. The lowest BCUT2D eigenvalue weighted by Crippen LogP contribution is -2.25. The van der Waals surface area contributed by atoms with Gasteiger partial charge in [0.25, 0.3) is 0 Å². The second kappa shape index (κ2) is 7.88. The highest BCUT2D eigenvalue weighted by Gasteiger charge is 2.32. The molecule has 2 N–H and O–H groups in total. The van der Waals surface area contributed by atoms with Crippen molar-refractivity contribution in [2.75, 3.05) is 13.7 Å². The number of nitrogens with two attached hydrogens (primary N) is 1. The van der Waals surface area contributed by atoms with E-state index in [4.69, 9.17) is 20.5 Å². The SMILES string of the molecule is COc1cc(OCC#N)c2c3c(n(Cc4ccccc4)c2c1)CCCC3C(N)=O. The zero-order chi connectivity index (χ0) is 20.4. The molecule has 1 atom stereocenters. The van der Waals surface area contributed by atoms with Crippen LogP contribution in [-0.2, 0) is 17.8 Å². The molecule has 1 unspecified atom stereocenters. The lowest BCUT2D eigenvalue weighted by atomic mass is 9.84. The lowest BCUT2D eigenvalue weighted by molar-refractivity contribution is -0.119. The highest BCUT2D eigenvalue weighted by Crippen LogP contribution is 2.45. The van der Waals surface area contributed by atoms with Gasteiger partial charge >= 0.3 is 0 Å². The lowest BCUT2D eigenvalue weighted by Gasteiger charge is -2.22. The molecule has 0 bridgehead atoms. The molecule has 6 nitrogen and oxygen atoms in total. The van der Waals surface area contributed by atoms with Crippen LogP contribution in [0.15, 0.2) is 42.5 Å². The van der Waals surface area contributed by atoms with Crippen molar-refractivity contribution in [3.8, 4) is 17.6 Å². The number of carbonyl (C=O) groups excluding carboxylic acids is 1. The van der Waals surface area contributed by atoms with Crippen molar-refractivity contribution in [2.24, 2.45) is 5.73 Å². The maximum atomic E-state index is 12.3. The molecule has 3 aromatic rings. The Labute approximate surface area is 169 Å². The number of nitrogens with zero attached hydrogens (tertiary/aromatic N) is 2. The van der Waals surface area contributed by atoms with Gasteiger partial charge in [0.15, 0.2) is 6.61 Å². The molecule has 1 aliphatic rings. The highest BCUT2D eigenvalue weighted by atomic mass is 16.5. The zero-order valence-corrected chi connectivity index (χ0v) is 16.4. The normalized spacial score (nSPS) is 15.5. The smallest absolute Gasteiger partial charge is 0.225 e. The van der Waals surface area contributed by atoms with Crippen molar-refractivity contribution in [1.82, 2.24) is 4.57 Å². The summed E-state index contributed by atoms with van der Waals surface area (Å²) >= 11 is 0. The molecule has 4 rings (SSSR count). The highest BCUT2D eigenvalue weighted by molar-refractivity contribution is 5.98. The Bertz CT molecular complexity index is 1100. The van der Waals surface area contributed by atoms with Crippen LogP contribution in [0.4, 0.5) is 0 Å². The van der Waals surface area contributed by atoms with E-state index in [1.165, 1.54) is 0 Å². The third kappa shape index (κ3) is 3.40. The first kappa shape index (κ1) is 18.9. The Morgan fingerprint density at radius 2 is 2.10 bits per heavy atom. The van der Waals surface area contributed by atoms with Crippen molar-refractivity contribution in [1.29, 1.82) is 5.26 Å². The zero-order valence-electron chi connectivity index (χ0n) is 16.4. The summed E-state index contributed by atoms with van der Waals surface area (Å²) in [7, 11) is 1.60. The molecule has 0 saturated carbocycles. The Kier molecular flexibility index (Phi) is 5.13. The van der Waals surface area contributed by atoms with Gasteiger partial charge in [-0.15, -0.1) is 0 Å². The number of benzene rings is 2. The average molecular weight is 389 g/mol. The summed E-state index contributed by atoms with van der Waals surface area (Å²) in [5, 5.41) is 9.88. The molecule has 6 heteroatoms. The second-order valence-electron chi connectivity index (χ2n) is 7.25. The van der Waals surface area contributed by atoms with Crippen LogP contribution in [-0.4, -0.2) is 24.2 Å². The third-order valence-electron chi connectivity index (χ3n) is 5.56. The van der Waals surface area contributed by atoms with Crippen molar-refractivity contribution in [3.63, 3.8) is 0 Å². The van der Waals surface area contributed by atoms with E-state index in [1.54, 1.807) is 13.2 Å². The predicted octanol–water partition coefficient (Wildman–Crippen LogP) is 3.51. The van der Waals surface area contributed by atoms with E-state index >= 15 is 0 Å².